The third kappa shape index (κ3) is 4.25. The molecule has 0 saturated carbocycles. The molecule has 0 spiro atoms. The highest BCUT2D eigenvalue weighted by Gasteiger charge is 2.13. The normalized spacial score (nSPS) is 9.96. The van der Waals surface area contributed by atoms with E-state index < -0.39 is 0 Å². The number of amides is 2. The maximum absolute atomic E-state index is 12.4. The summed E-state index contributed by atoms with van der Waals surface area (Å²) in [6.07, 6.45) is 0.303. The number of carbonyl (C=O) groups is 2. The molecule has 2 aromatic carbocycles. The summed E-state index contributed by atoms with van der Waals surface area (Å²) in [6.45, 7) is 0. The Morgan fingerprint density at radius 1 is 1.00 bits per heavy atom. The molecule has 2 amide bonds. The van der Waals surface area contributed by atoms with Gasteiger partial charge in [-0.15, -0.1) is 0 Å². The lowest BCUT2D eigenvalue weighted by molar-refractivity contribution is -0.119. The molecule has 126 valence electrons. The van der Waals surface area contributed by atoms with Gasteiger partial charge in [0.25, 0.3) is 5.91 Å². The fourth-order valence-electron chi connectivity index (χ4n) is 2.16. The minimum Gasteiger partial charge on any atom is -0.497 e. The van der Waals surface area contributed by atoms with Gasteiger partial charge < -0.3 is 20.1 Å². The Morgan fingerprint density at radius 2 is 1.71 bits per heavy atom. The molecule has 0 radical (unpaired) electrons. The van der Waals surface area contributed by atoms with E-state index in [2.05, 4.69) is 10.6 Å². The summed E-state index contributed by atoms with van der Waals surface area (Å²) in [5.41, 5.74) is 1.92. The van der Waals surface area contributed by atoms with Crippen LogP contribution < -0.4 is 20.1 Å². The van der Waals surface area contributed by atoms with E-state index in [1.54, 1.807) is 56.6 Å². The molecular formula is C18H20N2O4. The lowest BCUT2D eigenvalue weighted by Crippen LogP contribution is -2.19. The number of ether oxygens (including phenoxy) is 2. The first-order chi connectivity index (χ1) is 11.6. The SMILES string of the molecule is CNC(=O)Cc1ccc(NC(=O)c2ccc(OC)cc2OC)cc1. The second kappa shape index (κ2) is 8.01. The molecule has 0 atom stereocenters. The molecule has 6 nitrogen and oxygen atoms in total. The summed E-state index contributed by atoms with van der Waals surface area (Å²) in [7, 11) is 4.65. The topological polar surface area (TPSA) is 76.7 Å². The van der Waals surface area contributed by atoms with Crippen LogP contribution in [0.25, 0.3) is 0 Å². The summed E-state index contributed by atoms with van der Waals surface area (Å²) in [4.78, 5) is 23.8. The van der Waals surface area contributed by atoms with Crippen LogP contribution in [0.1, 0.15) is 15.9 Å². The standard InChI is InChI=1S/C18H20N2O4/c1-19-17(21)10-12-4-6-13(7-5-12)20-18(22)15-9-8-14(23-2)11-16(15)24-3/h4-9,11H,10H2,1-3H3,(H,19,21)(H,20,22). The molecule has 0 bridgehead atoms. The maximum Gasteiger partial charge on any atom is 0.259 e. The predicted octanol–water partition coefficient (Wildman–Crippen LogP) is 2.24. The van der Waals surface area contributed by atoms with Crippen LogP contribution in [0, 0.1) is 0 Å². The number of likely N-dealkylation sites (N-methyl/N-ethyl adjacent to an activating group) is 1. The van der Waals surface area contributed by atoms with Gasteiger partial charge in [-0.1, -0.05) is 12.1 Å². The number of hydrogen-bond donors (Lipinski definition) is 2. The average Bonchev–Trinajstić information content (AvgIpc) is 2.62. The van der Waals surface area contributed by atoms with Gasteiger partial charge in [-0.25, -0.2) is 0 Å². The van der Waals surface area contributed by atoms with Gasteiger partial charge in [0.1, 0.15) is 11.5 Å². The van der Waals surface area contributed by atoms with Crippen LogP contribution in [-0.2, 0) is 11.2 Å². The lowest BCUT2D eigenvalue weighted by atomic mass is 10.1. The van der Waals surface area contributed by atoms with Gasteiger partial charge in [0.2, 0.25) is 5.91 Å². The van der Waals surface area contributed by atoms with Gasteiger partial charge in [0.15, 0.2) is 0 Å². The van der Waals surface area contributed by atoms with E-state index in [1.165, 1.54) is 7.11 Å². The predicted molar refractivity (Wildman–Crippen MR) is 91.7 cm³/mol. The van der Waals surface area contributed by atoms with Crippen molar-refractivity contribution in [3.8, 4) is 11.5 Å². The first-order valence-corrected chi connectivity index (χ1v) is 7.40. The summed E-state index contributed by atoms with van der Waals surface area (Å²) >= 11 is 0. The van der Waals surface area contributed by atoms with Crippen molar-refractivity contribution in [2.75, 3.05) is 26.6 Å². The van der Waals surface area contributed by atoms with Crippen LogP contribution >= 0.6 is 0 Å². The van der Waals surface area contributed by atoms with Crippen molar-refractivity contribution in [3.63, 3.8) is 0 Å². The smallest absolute Gasteiger partial charge is 0.259 e. The van der Waals surface area contributed by atoms with Crippen LogP contribution in [-0.4, -0.2) is 33.1 Å². The monoisotopic (exact) mass is 328 g/mol. The van der Waals surface area contributed by atoms with Crippen molar-refractivity contribution in [3.05, 3.63) is 53.6 Å². The third-order valence-electron chi connectivity index (χ3n) is 3.51. The van der Waals surface area contributed by atoms with Gasteiger partial charge in [-0.2, -0.15) is 0 Å². The largest absolute Gasteiger partial charge is 0.497 e. The number of benzene rings is 2. The van der Waals surface area contributed by atoms with Crippen LogP contribution in [0.15, 0.2) is 42.5 Å². The molecule has 2 rings (SSSR count). The van der Waals surface area contributed by atoms with E-state index in [4.69, 9.17) is 9.47 Å². The minimum atomic E-state index is -0.284. The van der Waals surface area contributed by atoms with Crippen LogP contribution in [0.2, 0.25) is 0 Å². The van der Waals surface area contributed by atoms with Crippen molar-refractivity contribution in [1.29, 1.82) is 0 Å². The zero-order valence-corrected chi connectivity index (χ0v) is 13.9. The van der Waals surface area contributed by atoms with E-state index in [9.17, 15) is 9.59 Å². The Labute approximate surface area is 140 Å². The Balaban J connectivity index is 2.10. The Bertz CT molecular complexity index is 726. The summed E-state index contributed by atoms with van der Waals surface area (Å²) in [5.74, 6) is 0.702. The van der Waals surface area contributed by atoms with Crippen molar-refractivity contribution in [1.82, 2.24) is 5.32 Å². The summed E-state index contributed by atoms with van der Waals surface area (Å²) in [6, 6.07) is 12.1. The number of carbonyl (C=O) groups excluding carboxylic acids is 2. The number of anilines is 1. The third-order valence-corrected chi connectivity index (χ3v) is 3.51. The van der Waals surface area contributed by atoms with Crippen molar-refractivity contribution < 1.29 is 19.1 Å². The Kier molecular flexibility index (Phi) is 5.78. The zero-order chi connectivity index (χ0) is 17.5. The molecule has 0 aromatic heterocycles. The van der Waals surface area contributed by atoms with Crippen LogP contribution in [0.4, 0.5) is 5.69 Å². The van der Waals surface area contributed by atoms with Gasteiger partial charge in [-0.05, 0) is 29.8 Å². The molecule has 0 saturated heterocycles. The van der Waals surface area contributed by atoms with E-state index in [0.717, 1.165) is 5.56 Å². The first-order valence-electron chi connectivity index (χ1n) is 7.40. The van der Waals surface area contributed by atoms with Crippen molar-refractivity contribution in [2.45, 2.75) is 6.42 Å². The average molecular weight is 328 g/mol. The molecule has 0 heterocycles. The number of rotatable bonds is 6. The molecule has 0 aliphatic heterocycles. The molecule has 0 aliphatic rings. The zero-order valence-electron chi connectivity index (χ0n) is 13.9. The van der Waals surface area contributed by atoms with Gasteiger partial charge in [0, 0.05) is 18.8 Å². The summed E-state index contributed by atoms with van der Waals surface area (Å²) in [5, 5.41) is 5.38. The van der Waals surface area contributed by atoms with Gasteiger partial charge in [-0.3, -0.25) is 9.59 Å². The maximum atomic E-state index is 12.4. The van der Waals surface area contributed by atoms with Crippen LogP contribution in [0.5, 0.6) is 11.5 Å². The molecule has 0 unspecified atom stereocenters. The van der Waals surface area contributed by atoms with Crippen LogP contribution in [0.3, 0.4) is 0 Å². The van der Waals surface area contributed by atoms with Crippen molar-refractivity contribution >= 4 is 17.5 Å². The highest BCUT2D eigenvalue weighted by Crippen LogP contribution is 2.25. The number of methoxy groups -OCH3 is 2. The second-order valence-corrected chi connectivity index (χ2v) is 5.07. The second-order valence-electron chi connectivity index (χ2n) is 5.07. The lowest BCUT2D eigenvalue weighted by Gasteiger charge is -2.11. The Hall–Kier alpha value is -3.02. The fraction of sp³-hybridized carbons (Fsp3) is 0.222. The summed E-state index contributed by atoms with van der Waals surface area (Å²) < 4.78 is 10.4. The highest BCUT2D eigenvalue weighted by atomic mass is 16.5. The molecule has 2 N–H and O–H groups in total. The molecule has 0 aliphatic carbocycles. The van der Waals surface area contributed by atoms with E-state index in [-0.39, 0.29) is 11.8 Å². The molecule has 2 aromatic rings. The van der Waals surface area contributed by atoms with Crippen molar-refractivity contribution in [2.24, 2.45) is 0 Å². The van der Waals surface area contributed by atoms with E-state index in [1.807, 2.05) is 0 Å². The molecular weight excluding hydrogens is 308 g/mol. The van der Waals surface area contributed by atoms with E-state index in [0.29, 0.717) is 29.2 Å². The fourth-order valence-corrected chi connectivity index (χ4v) is 2.16. The number of hydrogen-bond acceptors (Lipinski definition) is 4. The molecule has 0 fully saturated rings. The van der Waals surface area contributed by atoms with Gasteiger partial charge in [0.05, 0.1) is 26.2 Å². The Morgan fingerprint density at radius 3 is 2.29 bits per heavy atom. The number of nitrogens with one attached hydrogen (secondary N) is 2. The van der Waals surface area contributed by atoms with E-state index >= 15 is 0 Å². The quantitative estimate of drug-likeness (QED) is 0.853. The molecule has 6 heteroatoms. The first kappa shape index (κ1) is 17.3. The molecule has 24 heavy (non-hydrogen) atoms. The van der Waals surface area contributed by atoms with Gasteiger partial charge >= 0.3 is 0 Å². The highest BCUT2D eigenvalue weighted by molar-refractivity contribution is 6.06. The minimum absolute atomic E-state index is 0.0604.